The van der Waals surface area contributed by atoms with E-state index in [4.69, 9.17) is 5.73 Å². The zero-order valence-corrected chi connectivity index (χ0v) is 6.94. The maximum absolute atomic E-state index is 12.9. The van der Waals surface area contributed by atoms with Gasteiger partial charge in [0.05, 0.1) is 0 Å². The summed E-state index contributed by atoms with van der Waals surface area (Å²) < 4.78 is 53.3. The Morgan fingerprint density at radius 3 is 2.14 bits per heavy atom. The predicted molar refractivity (Wildman–Crippen MR) is 42.3 cm³/mol. The molecule has 14 heavy (non-hydrogen) atoms. The van der Waals surface area contributed by atoms with Gasteiger partial charge in [0.1, 0.15) is 6.61 Å². The molecule has 0 atom stereocenters. The summed E-state index contributed by atoms with van der Waals surface area (Å²) in [4.78, 5) is 0. The lowest BCUT2D eigenvalue weighted by atomic mass is 10.3. The lowest BCUT2D eigenvalue weighted by Gasteiger charge is -2.07. The SMILES string of the molecule is Nc1cc(F)c(OCC(F)F)c(F)c1. The lowest BCUT2D eigenvalue weighted by Crippen LogP contribution is -2.09. The fraction of sp³-hybridized carbons (Fsp3) is 0.250. The quantitative estimate of drug-likeness (QED) is 0.611. The van der Waals surface area contributed by atoms with Crippen molar-refractivity contribution in [2.75, 3.05) is 12.3 Å². The summed E-state index contributed by atoms with van der Waals surface area (Å²) in [7, 11) is 0. The molecule has 0 heterocycles. The predicted octanol–water partition coefficient (Wildman–Crippen LogP) is 2.19. The van der Waals surface area contributed by atoms with Gasteiger partial charge >= 0.3 is 0 Å². The minimum absolute atomic E-state index is 0.135. The number of hydrogen-bond acceptors (Lipinski definition) is 2. The highest BCUT2D eigenvalue weighted by molar-refractivity contribution is 5.44. The van der Waals surface area contributed by atoms with Crippen molar-refractivity contribution in [2.24, 2.45) is 0 Å². The summed E-state index contributed by atoms with van der Waals surface area (Å²) in [6.45, 7) is -1.06. The van der Waals surface area contributed by atoms with Gasteiger partial charge in [0, 0.05) is 17.8 Å². The standard InChI is InChI=1S/C8H7F4NO/c9-5-1-4(13)2-6(10)8(5)14-3-7(11)12/h1-2,7H,3,13H2. The maximum atomic E-state index is 12.9. The molecule has 0 saturated carbocycles. The maximum Gasteiger partial charge on any atom is 0.272 e. The van der Waals surface area contributed by atoms with Crippen LogP contribution in [0.15, 0.2) is 12.1 Å². The molecule has 0 amide bonds. The molecule has 0 aliphatic carbocycles. The zero-order valence-electron chi connectivity index (χ0n) is 6.94. The summed E-state index contributed by atoms with van der Waals surface area (Å²) in [6.07, 6.45) is -2.79. The molecule has 2 nitrogen and oxygen atoms in total. The van der Waals surface area contributed by atoms with Gasteiger partial charge in [0.15, 0.2) is 17.4 Å². The average Bonchev–Trinajstić information content (AvgIpc) is 2.01. The van der Waals surface area contributed by atoms with E-state index in [2.05, 4.69) is 4.74 Å². The van der Waals surface area contributed by atoms with E-state index in [9.17, 15) is 17.6 Å². The first-order valence-electron chi connectivity index (χ1n) is 3.66. The number of ether oxygens (including phenoxy) is 1. The first-order chi connectivity index (χ1) is 6.50. The van der Waals surface area contributed by atoms with Crippen molar-refractivity contribution in [3.63, 3.8) is 0 Å². The fourth-order valence-corrected chi connectivity index (χ4v) is 0.864. The number of alkyl halides is 2. The molecule has 78 valence electrons. The van der Waals surface area contributed by atoms with Crippen molar-refractivity contribution in [2.45, 2.75) is 6.43 Å². The van der Waals surface area contributed by atoms with Crippen molar-refractivity contribution < 1.29 is 22.3 Å². The van der Waals surface area contributed by atoms with Crippen molar-refractivity contribution in [1.29, 1.82) is 0 Å². The second kappa shape index (κ2) is 4.17. The van der Waals surface area contributed by atoms with Crippen LogP contribution >= 0.6 is 0 Å². The van der Waals surface area contributed by atoms with Crippen molar-refractivity contribution in [1.82, 2.24) is 0 Å². The Morgan fingerprint density at radius 1 is 1.21 bits per heavy atom. The van der Waals surface area contributed by atoms with Crippen molar-refractivity contribution >= 4 is 5.69 Å². The summed E-state index contributed by atoms with van der Waals surface area (Å²) >= 11 is 0. The van der Waals surface area contributed by atoms with Gasteiger partial charge in [0.25, 0.3) is 6.43 Å². The number of hydrogen-bond donors (Lipinski definition) is 1. The summed E-state index contributed by atoms with van der Waals surface area (Å²) in [6, 6.07) is 1.59. The summed E-state index contributed by atoms with van der Waals surface area (Å²) in [5, 5.41) is 0. The van der Waals surface area contributed by atoms with Gasteiger partial charge in [-0.05, 0) is 0 Å². The Bertz CT molecular complexity index is 306. The van der Waals surface area contributed by atoms with Crippen LogP contribution in [0, 0.1) is 11.6 Å². The molecule has 6 heteroatoms. The normalized spacial score (nSPS) is 10.6. The second-order valence-corrected chi connectivity index (χ2v) is 2.52. The van der Waals surface area contributed by atoms with E-state index in [0.29, 0.717) is 0 Å². The zero-order chi connectivity index (χ0) is 10.7. The lowest BCUT2D eigenvalue weighted by molar-refractivity contribution is 0.0777. The van der Waals surface area contributed by atoms with E-state index < -0.39 is 30.4 Å². The molecule has 0 radical (unpaired) electrons. The molecule has 0 fully saturated rings. The second-order valence-electron chi connectivity index (χ2n) is 2.52. The van der Waals surface area contributed by atoms with Crippen LogP contribution in [0.4, 0.5) is 23.2 Å². The minimum Gasteiger partial charge on any atom is -0.482 e. The molecule has 2 N–H and O–H groups in total. The molecule has 0 bridgehead atoms. The highest BCUT2D eigenvalue weighted by Crippen LogP contribution is 2.24. The van der Waals surface area contributed by atoms with Gasteiger partial charge < -0.3 is 10.5 Å². The smallest absolute Gasteiger partial charge is 0.272 e. The first-order valence-corrected chi connectivity index (χ1v) is 3.66. The van der Waals surface area contributed by atoms with Crippen LogP contribution in [0.5, 0.6) is 5.75 Å². The Balaban J connectivity index is 2.86. The molecule has 0 saturated heterocycles. The Morgan fingerprint density at radius 2 is 1.71 bits per heavy atom. The van der Waals surface area contributed by atoms with Crippen LogP contribution in [0.3, 0.4) is 0 Å². The number of nitrogens with two attached hydrogens (primary N) is 1. The van der Waals surface area contributed by atoms with Gasteiger partial charge in [-0.15, -0.1) is 0 Å². The van der Waals surface area contributed by atoms with E-state index >= 15 is 0 Å². The molecule has 0 unspecified atom stereocenters. The Kier molecular flexibility index (Phi) is 3.16. The Hall–Kier alpha value is -1.46. The Labute approximate surface area is 77.3 Å². The van der Waals surface area contributed by atoms with Gasteiger partial charge in [-0.1, -0.05) is 0 Å². The van der Waals surface area contributed by atoms with Crippen LogP contribution < -0.4 is 10.5 Å². The molecule has 1 aromatic carbocycles. The molecule has 0 spiro atoms. The van der Waals surface area contributed by atoms with Gasteiger partial charge in [-0.25, -0.2) is 17.6 Å². The van der Waals surface area contributed by atoms with E-state index in [0.717, 1.165) is 12.1 Å². The monoisotopic (exact) mass is 209 g/mol. The molecule has 0 aliphatic heterocycles. The number of rotatable bonds is 3. The first kappa shape index (κ1) is 10.6. The molecule has 1 aromatic rings. The van der Waals surface area contributed by atoms with Crippen LogP contribution in [0.25, 0.3) is 0 Å². The van der Waals surface area contributed by atoms with Gasteiger partial charge in [-0.3, -0.25) is 0 Å². The number of nitrogen functional groups attached to an aromatic ring is 1. The summed E-state index contributed by atoms with van der Waals surface area (Å²) in [5.74, 6) is -3.02. The minimum atomic E-state index is -2.79. The van der Waals surface area contributed by atoms with Crippen LogP contribution in [0.2, 0.25) is 0 Å². The average molecular weight is 209 g/mol. The molecular formula is C8H7F4NO. The van der Waals surface area contributed by atoms with Gasteiger partial charge in [-0.2, -0.15) is 0 Å². The van der Waals surface area contributed by atoms with E-state index in [1.165, 1.54) is 0 Å². The number of halogens is 4. The highest BCUT2D eigenvalue weighted by Gasteiger charge is 2.13. The topological polar surface area (TPSA) is 35.2 Å². The third-order valence-electron chi connectivity index (χ3n) is 1.37. The number of anilines is 1. The highest BCUT2D eigenvalue weighted by atomic mass is 19.3. The van der Waals surface area contributed by atoms with Crippen LogP contribution in [-0.2, 0) is 0 Å². The number of benzene rings is 1. The fourth-order valence-electron chi connectivity index (χ4n) is 0.864. The van der Waals surface area contributed by atoms with Gasteiger partial charge in [0.2, 0.25) is 0 Å². The third-order valence-corrected chi connectivity index (χ3v) is 1.37. The summed E-state index contributed by atoms with van der Waals surface area (Å²) in [5.41, 5.74) is 4.97. The van der Waals surface area contributed by atoms with E-state index in [-0.39, 0.29) is 5.69 Å². The largest absolute Gasteiger partial charge is 0.482 e. The molecule has 0 aliphatic rings. The third kappa shape index (κ3) is 2.51. The molecular weight excluding hydrogens is 202 g/mol. The molecule has 0 aromatic heterocycles. The van der Waals surface area contributed by atoms with E-state index in [1.54, 1.807) is 0 Å². The molecule has 1 rings (SSSR count). The van der Waals surface area contributed by atoms with Crippen LogP contribution in [0.1, 0.15) is 0 Å². The van der Waals surface area contributed by atoms with Crippen LogP contribution in [-0.4, -0.2) is 13.0 Å². The van der Waals surface area contributed by atoms with E-state index in [1.807, 2.05) is 0 Å². The van der Waals surface area contributed by atoms with Crippen molar-refractivity contribution in [3.8, 4) is 5.75 Å². The van der Waals surface area contributed by atoms with Crippen molar-refractivity contribution in [3.05, 3.63) is 23.8 Å².